The lowest BCUT2D eigenvalue weighted by atomic mass is 9.80. The molecule has 0 spiro atoms. The summed E-state index contributed by atoms with van der Waals surface area (Å²) < 4.78 is 34.3. The van der Waals surface area contributed by atoms with Crippen LogP contribution < -0.4 is 10.0 Å². The molecular weight excluding hydrogens is 278 g/mol. The Balaban J connectivity index is 1.94. The van der Waals surface area contributed by atoms with Crippen molar-refractivity contribution in [3.8, 4) is 0 Å². The van der Waals surface area contributed by atoms with Crippen LogP contribution in [-0.2, 0) is 14.9 Å². The molecule has 0 aromatic rings. The quantitative estimate of drug-likeness (QED) is 0.734. The molecule has 7 heteroatoms. The molecule has 2 rings (SSSR count). The molecule has 2 aliphatic heterocycles. The van der Waals surface area contributed by atoms with E-state index in [1.165, 1.54) is 0 Å². The Bertz CT molecular complexity index is 402. The highest BCUT2D eigenvalue weighted by molar-refractivity contribution is 7.87. The van der Waals surface area contributed by atoms with Crippen molar-refractivity contribution in [2.24, 2.45) is 11.3 Å². The van der Waals surface area contributed by atoms with Crippen molar-refractivity contribution in [3.63, 3.8) is 0 Å². The van der Waals surface area contributed by atoms with Gasteiger partial charge in [-0.25, -0.2) is 4.72 Å². The summed E-state index contributed by atoms with van der Waals surface area (Å²) in [5, 5.41) is 3.31. The van der Waals surface area contributed by atoms with Crippen LogP contribution in [0.1, 0.15) is 26.2 Å². The van der Waals surface area contributed by atoms with Crippen LogP contribution in [0.4, 0.5) is 0 Å². The minimum absolute atomic E-state index is 0.0710. The van der Waals surface area contributed by atoms with E-state index in [1.54, 1.807) is 11.4 Å². The van der Waals surface area contributed by atoms with Gasteiger partial charge in [0.1, 0.15) is 0 Å². The molecule has 2 aliphatic rings. The fourth-order valence-corrected chi connectivity index (χ4v) is 4.55. The molecule has 6 nitrogen and oxygen atoms in total. The average molecular weight is 305 g/mol. The normalized spacial score (nSPS) is 27.8. The van der Waals surface area contributed by atoms with Crippen LogP contribution in [0.2, 0.25) is 0 Å². The number of ether oxygens (including phenoxy) is 1. The topological polar surface area (TPSA) is 70.7 Å². The molecule has 2 N–H and O–H groups in total. The summed E-state index contributed by atoms with van der Waals surface area (Å²) in [6.07, 6.45) is 2.84. The Labute approximate surface area is 122 Å². The van der Waals surface area contributed by atoms with Gasteiger partial charge in [0.05, 0.1) is 6.61 Å². The molecule has 0 aromatic carbocycles. The molecule has 1 atom stereocenters. The summed E-state index contributed by atoms with van der Waals surface area (Å²) in [4.78, 5) is 0. The first kappa shape index (κ1) is 16.2. The van der Waals surface area contributed by atoms with Crippen LogP contribution in [-0.4, -0.2) is 59.2 Å². The van der Waals surface area contributed by atoms with E-state index in [4.69, 9.17) is 4.74 Å². The molecule has 1 unspecified atom stereocenters. The van der Waals surface area contributed by atoms with Crippen LogP contribution in [0.3, 0.4) is 0 Å². The summed E-state index contributed by atoms with van der Waals surface area (Å²) in [5.41, 5.74) is -0.0710. The van der Waals surface area contributed by atoms with Gasteiger partial charge in [-0.05, 0) is 38.3 Å². The largest absolute Gasteiger partial charge is 0.384 e. The second-order valence-electron chi connectivity index (χ2n) is 6.26. The van der Waals surface area contributed by atoms with Gasteiger partial charge in [-0.2, -0.15) is 12.7 Å². The first-order chi connectivity index (χ1) is 9.47. The van der Waals surface area contributed by atoms with Crippen molar-refractivity contribution in [2.45, 2.75) is 26.2 Å². The maximum atomic E-state index is 12.3. The van der Waals surface area contributed by atoms with Gasteiger partial charge in [-0.15, -0.1) is 0 Å². The lowest BCUT2D eigenvalue weighted by Crippen LogP contribution is -2.49. The Morgan fingerprint density at radius 1 is 1.40 bits per heavy atom. The minimum atomic E-state index is -3.34. The first-order valence-corrected chi connectivity index (χ1v) is 8.86. The summed E-state index contributed by atoms with van der Waals surface area (Å²) >= 11 is 0. The summed E-state index contributed by atoms with van der Waals surface area (Å²) in [6, 6.07) is 0. The van der Waals surface area contributed by atoms with Crippen LogP contribution in [0.25, 0.3) is 0 Å². The molecule has 2 saturated heterocycles. The lowest BCUT2D eigenvalue weighted by molar-refractivity contribution is 0.0574. The van der Waals surface area contributed by atoms with Gasteiger partial charge in [0.2, 0.25) is 0 Å². The third-order valence-corrected chi connectivity index (χ3v) is 5.99. The maximum absolute atomic E-state index is 12.3. The van der Waals surface area contributed by atoms with E-state index in [1.807, 2.05) is 0 Å². The SMILES string of the molecule is COCC1(CNS(=O)(=O)N2CCC(C)C2)CCNCC1. The van der Waals surface area contributed by atoms with Gasteiger partial charge in [-0.3, -0.25) is 0 Å². The molecule has 0 saturated carbocycles. The fraction of sp³-hybridized carbons (Fsp3) is 1.00. The Kier molecular flexibility index (Phi) is 5.42. The van der Waals surface area contributed by atoms with Crippen molar-refractivity contribution < 1.29 is 13.2 Å². The Morgan fingerprint density at radius 3 is 2.65 bits per heavy atom. The van der Waals surface area contributed by atoms with Gasteiger partial charge < -0.3 is 10.1 Å². The molecule has 118 valence electrons. The second kappa shape index (κ2) is 6.70. The summed E-state index contributed by atoms with van der Waals surface area (Å²) in [5.74, 6) is 0.457. The van der Waals surface area contributed by atoms with E-state index in [0.29, 0.717) is 32.2 Å². The monoisotopic (exact) mass is 305 g/mol. The first-order valence-electron chi connectivity index (χ1n) is 7.42. The second-order valence-corrected chi connectivity index (χ2v) is 8.02. The molecule has 0 radical (unpaired) electrons. The highest BCUT2D eigenvalue weighted by atomic mass is 32.2. The van der Waals surface area contributed by atoms with E-state index < -0.39 is 10.2 Å². The zero-order chi connectivity index (χ0) is 14.6. The van der Waals surface area contributed by atoms with E-state index in [-0.39, 0.29) is 5.41 Å². The third-order valence-electron chi connectivity index (χ3n) is 4.47. The number of piperidine rings is 1. The zero-order valence-corrected chi connectivity index (χ0v) is 13.3. The molecule has 2 heterocycles. The van der Waals surface area contributed by atoms with Crippen molar-refractivity contribution in [1.29, 1.82) is 0 Å². The van der Waals surface area contributed by atoms with Crippen molar-refractivity contribution >= 4 is 10.2 Å². The highest BCUT2D eigenvalue weighted by Crippen LogP contribution is 2.29. The van der Waals surface area contributed by atoms with Crippen LogP contribution in [0, 0.1) is 11.3 Å². The van der Waals surface area contributed by atoms with Crippen molar-refractivity contribution in [1.82, 2.24) is 14.3 Å². The molecule has 20 heavy (non-hydrogen) atoms. The van der Waals surface area contributed by atoms with Gasteiger partial charge in [0, 0.05) is 32.2 Å². The number of nitrogens with zero attached hydrogens (tertiary/aromatic N) is 1. The van der Waals surface area contributed by atoms with E-state index >= 15 is 0 Å². The average Bonchev–Trinajstić information content (AvgIpc) is 2.86. The fourth-order valence-electron chi connectivity index (χ4n) is 3.08. The molecule has 0 aliphatic carbocycles. The Morgan fingerprint density at radius 2 is 2.10 bits per heavy atom. The third kappa shape index (κ3) is 3.92. The number of hydrogen-bond acceptors (Lipinski definition) is 4. The van der Waals surface area contributed by atoms with Crippen LogP contribution in [0.15, 0.2) is 0 Å². The number of methoxy groups -OCH3 is 1. The molecular formula is C13H27N3O3S. The van der Waals surface area contributed by atoms with Crippen LogP contribution in [0.5, 0.6) is 0 Å². The Hall–Kier alpha value is -0.210. The number of nitrogens with one attached hydrogen (secondary N) is 2. The van der Waals surface area contributed by atoms with Crippen LogP contribution >= 0.6 is 0 Å². The zero-order valence-electron chi connectivity index (χ0n) is 12.5. The predicted molar refractivity (Wildman–Crippen MR) is 78.7 cm³/mol. The number of hydrogen-bond donors (Lipinski definition) is 2. The molecule has 0 aromatic heterocycles. The van der Waals surface area contributed by atoms with Crippen molar-refractivity contribution in [3.05, 3.63) is 0 Å². The minimum Gasteiger partial charge on any atom is -0.384 e. The van der Waals surface area contributed by atoms with Crippen molar-refractivity contribution in [2.75, 3.05) is 46.4 Å². The maximum Gasteiger partial charge on any atom is 0.279 e. The van der Waals surface area contributed by atoms with E-state index in [0.717, 1.165) is 32.4 Å². The van der Waals surface area contributed by atoms with Gasteiger partial charge in [0.25, 0.3) is 10.2 Å². The highest BCUT2D eigenvalue weighted by Gasteiger charge is 2.35. The van der Waals surface area contributed by atoms with Gasteiger partial charge >= 0.3 is 0 Å². The smallest absolute Gasteiger partial charge is 0.279 e. The number of rotatable bonds is 6. The summed E-state index contributed by atoms with van der Waals surface area (Å²) in [6.45, 7) is 6.28. The summed E-state index contributed by atoms with van der Waals surface area (Å²) in [7, 11) is -1.66. The molecule has 0 amide bonds. The van der Waals surface area contributed by atoms with E-state index in [9.17, 15) is 8.42 Å². The van der Waals surface area contributed by atoms with Gasteiger partial charge in [-0.1, -0.05) is 6.92 Å². The molecule has 0 bridgehead atoms. The van der Waals surface area contributed by atoms with Gasteiger partial charge in [0.15, 0.2) is 0 Å². The lowest BCUT2D eigenvalue weighted by Gasteiger charge is -2.37. The molecule has 2 fully saturated rings. The van der Waals surface area contributed by atoms with E-state index in [2.05, 4.69) is 17.0 Å². The predicted octanol–water partition coefficient (Wildman–Crippen LogP) is 0.179. The standard InChI is InChI=1S/C13H27N3O3S/c1-12-3-8-16(9-12)20(17,18)15-10-13(11-19-2)4-6-14-7-5-13/h12,14-15H,3-11H2,1-2H3.